The quantitative estimate of drug-likeness (QED) is 0.663. The molecule has 0 aromatic heterocycles. The molecule has 1 aliphatic rings. The first-order valence-corrected chi connectivity index (χ1v) is 7.00. The Morgan fingerprint density at radius 3 is 2.50 bits per heavy atom. The molecule has 0 aromatic carbocycles. The topological polar surface area (TPSA) is 20.3 Å². The van der Waals surface area contributed by atoms with Crippen LogP contribution in [0.15, 0.2) is 0 Å². The molecule has 2 nitrogen and oxygen atoms in total. The molecule has 0 saturated carbocycles. The normalized spacial score (nSPS) is 18.9. The van der Waals surface area contributed by atoms with E-state index in [1.165, 1.54) is 38.8 Å². The molecular weight excluding hydrogens is 198 g/mol. The Labute approximate surface area is 100 Å². The second-order valence-electron chi connectivity index (χ2n) is 5.07. The maximum absolute atomic E-state index is 11.2. The predicted molar refractivity (Wildman–Crippen MR) is 68.6 cm³/mol. The standard InChI is InChI=1S/C14H27NO/c1-3-6-13-8-11-15(12-9-13)10-5-7-14(16)4-2/h13H,3-12H2,1-2H3. The molecule has 0 aromatic rings. The van der Waals surface area contributed by atoms with E-state index in [2.05, 4.69) is 11.8 Å². The van der Waals surface area contributed by atoms with Crippen LogP contribution in [0.4, 0.5) is 0 Å². The van der Waals surface area contributed by atoms with E-state index in [9.17, 15) is 4.79 Å². The Kier molecular flexibility index (Phi) is 6.70. The van der Waals surface area contributed by atoms with Crippen LogP contribution in [0.2, 0.25) is 0 Å². The molecule has 0 atom stereocenters. The van der Waals surface area contributed by atoms with E-state index in [1.54, 1.807) is 0 Å². The Hall–Kier alpha value is -0.370. The molecule has 1 rings (SSSR count). The van der Waals surface area contributed by atoms with E-state index in [4.69, 9.17) is 0 Å². The lowest BCUT2D eigenvalue weighted by molar-refractivity contribution is -0.118. The Morgan fingerprint density at radius 2 is 1.94 bits per heavy atom. The lowest BCUT2D eigenvalue weighted by Crippen LogP contribution is -2.34. The molecule has 16 heavy (non-hydrogen) atoms. The molecule has 0 aliphatic carbocycles. The average Bonchev–Trinajstić information content (AvgIpc) is 2.31. The highest BCUT2D eigenvalue weighted by atomic mass is 16.1. The molecule has 0 bridgehead atoms. The van der Waals surface area contributed by atoms with Crippen molar-refractivity contribution < 1.29 is 4.79 Å². The van der Waals surface area contributed by atoms with Crippen molar-refractivity contribution >= 4 is 5.78 Å². The molecule has 94 valence electrons. The number of hydrogen-bond acceptors (Lipinski definition) is 2. The monoisotopic (exact) mass is 225 g/mol. The van der Waals surface area contributed by atoms with E-state index in [0.29, 0.717) is 12.2 Å². The van der Waals surface area contributed by atoms with Gasteiger partial charge in [0, 0.05) is 12.8 Å². The van der Waals surface area contributed by atoms with Gasteiger partial charge in [-0.05, 0) is 44.8 Å². The van der Waals surface area contributed by atoms with E-state index >= 15 is 0 Å². The van der Waals surface area contributed by atoms with Gasteiger partial charge in [-0.2, -0.15) is 0 Å². The number of carbonyl (C=O) groups is 1. The van der Waals surface area contributed by atoms with Crippen molar-refractivity contribution in [1.82, 2.24) is 4.90 Å². The minimum Gasteiger partial charge on any atom is -0.303 e. The zero-order chi connectivity index (χ0) is 11.8. The van der Waals surface area contributed by atoms with E-state index in [1.807, 2.05) is 6.92 Å². The molecule has 1 heterocycles. The summed E-state index contributed by atoms with van der Waals surface area (Å²) in [4.78, 5) is 13.7. The number of nitrogens with zero attached hydrogens (tertiary/aromatic N) is 1. The molecule has 0 spiro atoms. The van der Waals surface area contributed by atoms with Crippen molar-refractivity contribution in [1.29, 1.82) is 0 Å². The molecule has 0 unspecified atom stereocenters. The Balaban J connectivity index is 2.06. The summed E-state index contributed by atoms with van der Waals surface area (Å²) in [5.74, 6) is 1.39. The van der Waals surface area contributed by atoms with Gasteiger partial charge in [-0.15, -0.1) is 0 Å². The zero-order valence-electron chi connectivity index (χ0n) is 11.0. The van der Waals surface area contributed by atoms with Gasteiger partial charge in [0.15, 0.2) is 0 Å². The first-order chi connectivity index (χ1) is 7.76. The number of ketones is 1. The summed E-state index contributed by atoms with van der Waals surface area (Å²) < 4.78 is 0. The Morgan fingerprint density at radius 1 is 1.25 bits per heavy atom. The molecule has 1 fully saturated rings. The molecule has 0 amide bonds. The summed E-state index contributed by atoms with van der Waals surface area (Å²) in [7, 11) is 0. The van der Waals surface area contributed by atoms with Crippen molar-refractivity contribution in [3.05, 3.63) is 0 Å². The minimum absolute atomic E-state index is 0.417. The van der Waals surface area contributed by atoms with Gasteiger partial charge in [0.1, 0.15) is 5.78 Å². The predicted octanol–water partition coefficient (Wildman–Crippen LogP) is 3.26. The SMILES string of the molecule is CCCC1CCN(CCCC(=O)CC)CC1. The van der Waals surface area contributed by atoms with Gasteiger partial charge < -0.3 is 4.90 Å². The van der Waals surface area contributed by atoms with Gasteiger partial charge >= 0.3 is 0 Å². The van der Waals surface area contributed by atoms with Crippen molar-refractivity contribution in [3.8, 4) is 0 Å². The van der Waals surface area contributed by atoms with Crippen LogP contribution in [0.5, 0.6) is 0 Å². The van der Waals surface area contributed by atoms with Gasteiger partial charge in [0.05, 0.1) is 0 Å². The van der Waals surface area contributed by atoms with Crippen LogP contribution in [-0.4, -0.2) is 30.3 Å². The summed E-state index contributed by atoms with van der Waals surface area (Å²) in [6.07, 6.45) is 8.03. The fourth-order valence-electron chi connectivity index (χ4n) is 2.58. The number of rotatable bonds is 7. The lowest BCUT2D eigenvalue weighted by atomic mass is 9.92. The third kappa shape index (κ3) is 5.11. The fourth-order valence-corrected chi connectivity index (χ4v) is 2.58. The summed E-state index contributed by atoms with van der Waals surface area (Å²) in [6.45, 7) is 7.88. The van der Waals surface area contributed by atoms with Crippen LogP contribution in [-0.2, 0) is 4.79 Å². The second-order valence-corrected chi connectivity index (χ2v) is 5.07. The zero-order valence-corrected chi connectivity index (χ0v) is 11.0. The van der Waals surface area contributed by atoms with E-state index < -0.39 is 0 Å². The van der Waals surface area contributed by atoms with Crippen LogP contribution in [0, 0.1) is 5.92 Å². The molecule has 0 N–H and O–H groups in total. The van der Waals surface area contributed by atoms with E-state index in [-0.39, 0.29) is 0 Å². The number of hydrogen-bond donors (Lipinski definition) is 0. The molecule has 2 heteroatoms. The highest BCUT2D eigenvalue weighted by Gasteiger charge is 2.17. The lowest BCUT2D eigenvalue weighted by Gasteiger charge is -2.31. The number of carbonyl (C=O) groups excluding carboxylic acids is 1. The van der Waals surface area contributed by atoms with Crippen LogP contribution in [0.25, 0.3) is 0 Å². The van der Waals surface area contributed by atoms with Crippen LogP contribution < -0.4 is 0 Å². The van der Waals surface area contributed by atoms with Gasteiger partial charge in [-0.25, -0.2) is 0 Å². The largest absolute Gasteiger partial charge is 0.303 e. The highest BCUT2D eigenvalue weighted by molar-refractivity contribution is 5.77. The first-order valence-electron chi connectivity index (χ1n) is 7.00. The second kappa shape index (κ2) is 7.83. The summed E-state index contributed by atoms with van der Waals surface area (Å²) in [6, 6.07) is 0. The van der Waals surface area contributed by atoms with Crippen LogP contribution in [0.1, 0.15) is 58.8 Å². The summed E-state index contributed by atoms with van der Waals surface area (Å²) in [5, 5.41) is 0. The number of likely N-dealkylation sites (tertiary alicyclic amines) is 1. The smallest absolute Gasteiger partial charge is 0.132 e. The molecular formula is C14H27NO. The molecule has 1 aliphatic heterocycles. The van der Waals surface area contributed by atoms with E-state index in [0.717, 1.165) is 25.3 Å². The maximum atomic E-state index is 11.2. The fraction of sp³-hybridized carbons (Fsp3) is 0.929. The van der Waals surface area contributed by atoms with Gasteiger partial charge in [0.25, 0.3) is 0 Å². The van der Waals surface area contributed by atoms with Gasteiger partial charge in [0.2, 0.25) is 0 Å². The van der Waals surface area contributed by atoms with Crippen molar-refractivity contribution in [3.63, 3.8) is 0 Å². The number of piperidine rings is 1. The maximum Gasteiger partial charge on any atom is 0.132 e. The average molecular weight is 225 g/mol. The van der Waals surface area contributed by atoms with Crippen molar-refractivity contribution in [2.75, 3.05) is 19.6 Å². The highest BCUT2D eigenvalue weighted by Crippen LogP contribution is 2.21. The van der Waals surface area contributed by atoms with Crippen molar-refractivity contribution in [2.45, 2.75) is 58.8 Å². The van der Waals surface area contributed by atoms with Gasteiger partial charge in [-0.3, -0.25) is 4.79 Å². The third-order valence-corrected chi connectivity index (χ3v) is 3.73. The molecule has 1 saturated heterocycles. The number of Topliss-reactive ketones (excluding diaryl/α,β-unsaturated/α-hetero) is 1. The van der Waals surface area contributed by atoms with Crippen LogP contribution >= 0.6 is 0 Å². The molecule has 0 radical (unpaired) electrons. The van der Waals surface area contributed by atoms with Crippen molar-refractivity contribution in [2.24, 2.45) is 5.92 Å². The summed E-state index contributed by atoms with van der Waals surface area (Å²) >= 11 is 0. The summed E-state index contributed by atoms with van der Waals surface area (Å²) in [5.41, 5.74) is 0. The minimum atomic E-state index is 0.417. The third-order valence-electron chi connectivity index (χ3n) is 3.73. The Bertz CT molecular complexity index is 195. The van der Waals surface area contributed by atoms with Crippen LogP contribution in [0.3, 0.4) is 0 Å². The van der Waals surface area contributed by atoms with Gasteiger partial charge in [-0.1, -0.05) is 26.7 Å². The first kappa shape index (κ1) is 13.7.